The van der Waals surface area contributed by atoms with E-state index in [0.29, 0.717) is 23.4 Å². The molecule has 1 atom stereocenters. The van der Waals surface area contributed by atoms with Gasteiger partial charge in [-0.1, -0.05) is 54.1 Å². The van der Waals surface area contributed by atoms with Crippen LogP contribution in [0, 0.1) is 0 Å². The molecular formula is C26H22ClNO5. The van der Waals surface area contributed by atoms with Crippen LogP contribution in [0.15, 0.2) is 84.1 Å². The summed E-state index contributed by atoms with van der Waals surface area (Å²) in [5.74, 6) is -1.23. The number of ketones is 1. The highest BCUT2D eigenvalue weighted by molar-refractivity contribution is 6.32. The van der Waals surface area contributed by atoms with Crippen molar-refractivity contribution >= 4 is 29.0 Å². The van der Waals surface area contributed by atoms with E-state index in [1.807, 2.05) is 30.3 Å². The van der Waals surface area contributed by atoms with Crippen LogP contribution in [0.3, 0.4) is 0 Å². The van der Waals surface area contributed by atoms with Crippen molar-refractivity contribution in [2.75, 3.05) is 12.0 Å². The average Bonchev–Trinajstić information content (AvgIpc) is 3.10. The van der Waals surface area contributed by atoms with Gasteiger partial charge >= 0.3 is 0 Å². The fourth-order valence-electron chi connectivity index (χ4n) is 3.96. The van der Waals surface area contributed by atoms with Gasteiger partial charge in [-0.25, -0.2) is 0 Å². The van der Waals surface area contributed by atoms with Crippen LogP contribution < -0.4 is 9.64 Å². The molecule has 0 saturated heterocycles. The fourth-order valence-corrected chi connectivity index (χ4v) is 4.15. The number of methoxy groups -OCH3 is 1. The minimum absolute atomic E-state index is 0.000470. The zero-order valence-electron chi connectivity index (χ0n) is 17.9. The molecule has 168 valence electrons. The number of hydrogen-bond acceptors (Lipinski definition) is 5. The molecule has 6 nitrogen and oxygen atoms in total. The number of amides is 1. The maximum absolute atomic E-state index is 13.3. The largest absolute Gasteiger partial charge is 0.506 e. The van der Waals surface area contributed by atoms with Gasteiger partial charge in [-0.2, -0.15) is 0 Å². The van der Waals surface area contributed by atoms with Crippen LogP contribution in [-0.2, 0) is 16.0 Å². The molecule has 1 amide bonds. The molecule has 0 radical (unpaired) electrons. The van der Waals surface area contributed by atoms with Gasteiger partial charge in [0.1, 0.15) is 11.5 Å². The van der Waals surface area contributed by atoms with Crippen molar-refractivity contribution in [3.05, 3.63) is 100 Å². The average molecular weight is 464 g/mol. The minimum Gasteiger partial charge on any atom is -0.506 e. The number of aromatic hydroxyl groups is 1. The Hall–Kier alpha value is -3.77. The summed E-state index contributed by atoms with van der Waals surface area (Å²) in [5.41, 5.74) is 1.91. The number of Topliss-reactive ketones (excluding diaryl/α,β-unsaturated/α-hetero) is 1. The Morgan fingerprint density at radius 2 is 1.79 bits per heavy atom. The molecule has 1 aliphatic rings. The number of phenolic OH excluding ortho intramolecular Hbond substituents is 1. The Kier molecular flexibility index (Phi) is 6.38. The number of halogens is 1. The molecule has 0 fully saturated rings. The van der Waals surface area contributed by atoms with Crippen molar-refractivity contribution < 1.29 is 24.5 Å². The summed E-state index contributed by atoms with van der Waals surface area (Å²) in [6.07, 6.45) is 0.581. The summed E-state index contributed by atoms with van der Waals surface area (Å²) >= 11 is 6.14. The van der Waals surface area contributed by atoms with Crippen LogP contribution >= 0.6 is 11.6 Å². The van der Waals surface area contributed by atoms with Crippen LogP contribution in [0.25, 0.3) is 0 Å². The number of rotatable bonds is 7. The molecule has 1 heterocycles. The maximum atomic E-state index is 13.3. The van der Waals surface area contributed by atoms with E-state index in [4.69, 9.17) is 16.3 Å². The SMILES string of the molecule is COc1cccc(N2C(=O)C(O)=C(C(=O)CCc3ccccc3)C2c2ccc(O)c(Cl)c2)c1. The van der Waals surface area contributed by atoms with E-state index < -0.39 is 17.7 Å². The normalized spacial score (nSPS) is 15.8. The number of carbonyl (C=O) groups is 2. The van der Waals surface area contributed by atoms with E-state index in [1.165, 1.54) is 24.1 Å². The van der Waals surface area contributed by atoms with E-state index in [9.17, 15) is 19.8 Å². The van der Waals surface area contributed by atoms with Crippen molar-refractivity contribution in [3.8, 4) is 11.5 Å². The van der Waals surface area contributed by atoms with Gasteiger partial charge in [0.15, 0.2) is 11.5 Å². The highest BCUT2D eigenvalue weighted by atomic mass is 35.5. The highest BCUT2D eigenvalue weighted by Gasteiger charge is 2.44. The lowest BCUT2D eigenvalue weighted by Gasteiger charge is -2.27. The summed E-state index contributed by atoms with van der Waals surface area (Å²) in [5, 5.41) is 20.7. The van der Waals surface area contributed by atoms with Gasteiger partial charge in [0.05, 0.1) is 23.7 Å². The van der Waals surface area contributed by atoms with Gasteiger partial charge in [0.25, 0.3) is 5.91 Å². The minimum atomic E-state index is -0.911. The van der Waals surface area contributed by atoms with Crippen LogP contribution in [0.1, 0.15) is 23.6 Å². The molecule has 3 aromatic carbocycles. The smallest absolute Gasteiger partial charge is 0.294 e. The Balaban J connectivity index is 1.76. The number of aliphatic hydroxyl groups excluding tert-OH is 1. The van der Waals surface area contributed by atoms with Gasteiger partial charge < -0.3 is 14.9 Å². The first-order chi connectivity index (χ1) is 15.9. The standard InChI is InChI=1S/C26H22ClNO5/c1-33-19-9-5-8-18(15-19)28-24(17-11-13-21(29)20(27)14-17)23(25(31)26(28)32)22(30)12-10-16-6-3-2-4-7-16/h2-9,11,13-15,24,29,31H,10,12H2,1H3. The Labute approximate surface area is 196 Å². The Morgan fingerprint density at radius 1 is 1.03 bits per heavy atom. The van der Waals surface area contributed by atoms with Crippen molar-refractivity contribution in [1.82, 2.24) is 0 Å². The van der Waals surface area contributed by atoms with Crippen LogP contribution in [0.5, 0.6) is 11.5 Å². The van der Waals surface area contributed by atoms with Gasteiger partial charge in [0, 0.05) is 18.2 Å². The monoisotopic (exact) mass is 463 g/mol. The van der Waals surface area contributed by atoms with Crippen molar-refractivity contribution in [2.45, 2.75) is 18.9 Å². The van der Waals surface area contributed by atoms with E-state index in [2.05, 4.69) is 0 Å². The summed E-state index contributed by atoms with van der Waals surface area (Å²) in [6, 6.07) is 19.9. The third-order valence-electron chi connectivity index (χ3n) is 5.61. The number of phenols is 1. The van der Waals surface area contributed by atoms with Gasteiger partial charge in [-0.3, -0.25) is 14.5 Å². The summed E-state index contributed by atoms with van der Waals surface area (Å²) in [6.45, 7) is 0. The Bertz CT molecular complexity index is 1240. The predicted octanol–water partition coefficient (Wildman–Crippen LogP) is 5.16. The molecule has 1 unspecified atom stereocenters. The molecule has 2 N–H and O–H groups in total. The molecule has 0 spiro atoms. The number of nitrogens with zero attached hydrogens (tertiary/aromatic N) is 1. The highest BCUT2D eigenvalue weighted by Crippen LogP contribution is 2.43. The molecule has 0 bridgehead atoms. The lowest BCUT2D eigenvalue weighted by molar-refractivity contribution is -0.118. The van der Waals surface area contributed by atoms with E-state index in [0.717, 1.165) is 5.56 Å². The van der Waals surface area contributed by atoms with Crippen LogP contribution in [0.2, 0.25) is 5.02 Å². The second-order valence-electron chi connectivity index (χ2n) is 7.66. The first-order valence-corrected chi connectivity index (χ1v) is 10.7. The Morgan fingerprint density at radius 3 is 2.48 bits per heavy atom. The second-order valence-corrected chi connectivity index (χ2v) is 8.07. The number of aryl methyl sites for hydroxylation is 1. The van der Waals surface area contributed by atoms with Crippen LogP contribution in [0.4, 0.5) is 5.69 Å². The first-order valence-electron chi connectivity index (χ1n) is 10.4. The quantitative estimate of drug-likeness (QED) is 0.505. The zero-order chi connectivity index (χ0) is 23.5. The number of aliphatic hydroxyl groups is 1. The lowest BCUT2D eigenvalue weighted by Crippen LogP contribution is -2.31. The molecule has 3 aromatic rings. The zero-order valence-corrected chi connectivity index (χ0v) is 18.6. The number of ether oxygens (including phenoxy) is 1. The predicted molar refractivity (Wildman–Crippen MR) is 126 cm³/mol. The number of benzene rings is 3. The van der Waals surface area contributed by atoms with Gasteiger partial charge in [-0.05, 0) is 41.8 Å². The molecule has 7 heteroatoms. The first kappa shape index (κ1) is 22.4. The summed E-state index contributed by atoms with van der Waals surface area (Å²) in [7, 11) is 1.51. The topological polar surface area (TPSA) is 87.1 Å². The number of hydrogen-bond donors (Lipinski definition) is 2. The van der Waals surface area contributed by atoms with E-state index in [-0.39, 0.29) is 28.5 Å². The van der Waals surface area contributed by atoms with Crippen LogP contribution in [-0.4, -0.2) is 29.0 Å². The van der Waals surface area contributed by atoms with Crippen molar-refractivity contribution in [3.63, 3.8) is 0 Å². The third-order valence-corrected chi connectivity index (χ3v) is 5.91. The molecule has 0 aromatic heterocycles. The lowest BCUT2D eigenvalue weighted by atomic mass is 9.93. The number of carbonyl (C=O) groups excluding carboxylic acids is 2. The summed E-state index contributed by atoms with van der Waals surface area (Å²) in [4.78, 5) is 27.8. The van der Waals surface area contributed by atoms with E-state index in [1.54, 1.807) is 30.3 Å². The molecule has 1 aliphatic heterocycles. The summed E-state index contributed by atoms with van der Waals surface area (Å²) < 4.78 is 5.28. The van der Waals surface area contributed by atoms with Crippen molar-refractivity contribution in [2.24, 2.45) is 0 Å². The molecule has 0 aliphatic carbocycles. The molecule has 33 heavy (non-hydrogen) atoms. The van der Waals surface area contributed by atoms with Crippen molar-refractivity contribution in [1.29, 1.82) is 0 Å². The fraction of sp³-hybridized carbons (Fsp3) is 0.154. The number of anilines is 1. The molecule has 4 rings (SSSR count). The van der Waals surface area contributed by atoms with Gasteiger partial charge in [-0.15, -0.1) is 0 Å². The second kappa shape index (κ2) is 9.38. The molecular weight excluding hydrogens is 442 g/mol. The third kappa shape index (κ3) is 4.43. The maximum Gasteiger partial charge on any atom is 0.294 e. The van der Waals surface area contributed by atoms with Gasteiger partial charge in [0.2, 0.25) is 0 Å². The van der Waals surface area contributed by atoms with E-state index >= 15 is 0 Å². The molecule has 0 saturated carbocycles.